The van der Waals surface area contributed by atoms with Crippen molar-refractivity contribution in [3.05, 3.63) is 77.1 Å². The van der Waals surface area contributed by atoms with Crippen LogP contribution in [-0.4, -0.2) is 29.4 Å². The third kappa shape index (κ3) is 6.80. The maximum atomic E-state index is 12.6. The van der Waals surface area contributed by atoms with Gasteiger partial charge in [-0.15, -0.1) is 0 Å². The lowest BCUT2D eigenvalue weighted by atomic mass is 10.1. The van der Waals surface area contributed by atoms with Gasteiger partial charge in [0.25, 0.3) is 15.9 Å². The van der Waals surface area contributed by atoms with Crippen molar-refractivity contribution in [2.75, 3.05) is 10.0 Å². The Kier molecular flexibility index (Phi) is 7.72. The Labute approximate surface area is 198 Å². The smallest absolute Gasteiger partial charge is 0.264 e. The van der Waals surface area contributed by atoms with E-state index in [9.17, 15) is 13.2 Å². The van der Waals surface area contributed by atoms with Gasteiger partial charge < -0.3 is 5.32 Å². The first kappa shape index (κ1) is 24.3. The summed E-state index contributed by atoms with van der Waals surface area (Å²) in [4.78, 5) is 20.6. The zero-order valence-electron chi connectivity index (χ0n) is 18.5. The quantitative estimate of drug-likeness (QED) is 0.436. The number of hydrogen-bond donors (Lipinski definition) is 3. The molecule has 33 heavy (non-hydrogen) atoms. The molecule has 1 aromatic heterocycles. The van der Waals surface area contributed by atoms with E-state index in [0.29, 0.717) is 22.6 Å². The fraction of sp³-hybridized carbons (Fsp3) is 0.217. The number of thiocarbonyl (C=S) groups is 1. The number of nitrogens with one attached hydrogen (secondary N) is 3. The SMILES string of the molecule is CCCc1ccc(C(=O)NC(=S)Nc2ccc(S(=O)(=O)Nc3nc(C)cc(C)n3)cc2)cc1. The van der Waals surface area contributed by atoms with Gasteiger partial charge in [0.2, 0.25) is 5.95 Å². The predicted molar refractivity (Wildman–Crippen MR) is 133 cm³/mol. The number of rotatable bonds is 7. The number of carbonyl (C=O) groups excluding carboxylic acids is 1. The first-order valence-electron chi connectivity index (χ1n) is 10.3. The van der Waals surface area contributed by atoms with Crippen molar-refractivity contribution >= 4 is 44.9 Å². The van der Waals surface area contributed by atoms with Crippen molar-refractivity contribution in [3.8, 4) is 0 Å². The standard InChI is InChI=1S/C23H25N5O3S2/c1-4-5-17-6-8-18(9-7-17)21(29)27-23(32)26-19-10-12-20(13-11-19)33(30,31)28-22-24-15(2)14-16(3)25-22/h6-14H,4-5H2,1-3H3,(H,24,25,28)(H2,26,27,29,32). The molecule has 0 aliphatic rings. The predicted octanol–water partition coefficient (Wildman–Crippen LogP) is 3.97. The number of aromatic nitrogens is 2. The molecule has 0 bridgehead atoms. The molecule has 0 atom stereocenters. The second-order valence-electron chi connectivity index (χ2n) is 7.46. The molecule has 0 unspecified atom stereocenters. The number of nitrogens with zero attached hydrogens (tertiary/aromatic N) is 2. The highest BCUT2D eigenvalue weighted by Gasteiger charge is 2.16. The van der Waals surface area contributed by atoms with Crippen LogP contribution in [0.15, 0.2) is 59.5 Å². The molecule has 2 aromatic carbocycles. The molecule has 1 heterocycles. The van der Waals surface area contributed by atoms with Gasteiger partial charge in [0.1, 0.15) is 0 Å². The lowest BCUT2D eigenvalue weighted by Crippen LogP contribution is -2.34. The van der Waals surface area contributed by atoms with Crippen LogP contribution in [0.3, 0.4) is 0 Å². The number of sulfonamides is 1. The summed E-state index contributed by atoms with van der Waals surface area (Å²) in [6.45, 7) is 5.62. The average molecular weight is 484 g/mol. The van der Waals surface area contributed by atoms with E-state index in [-0.39, 0.29) is 21.9 Å². The van der Waals surface area contributed by atoms with E-state index in [1.54, 1.807) is 44.2 Å². The van der Waals surface area contributed by atoms with Gasteiger partial charge in [-0.05, 0) is 80.5 Å². The molecular weight excluding hydrogens is 458 g/mol. The summed E-state index contributed by atoms with van der Waals surface area (Å²) in [6.07, 6.45) is 2.00. The molecular formula is C23H25N5O3S2. The lowest BCUT2D eigenvalue weighted by Gasteiger charge is -2.11. The van der Waals surface area contributed by atoms with Crippen molar-refractivity contribution in [1.82, 2.24) is 15.3 Å². The summed E-state index contributed by atoms with van der Waals surface area (Å²) in [5.74, 6) is -0.311. The molecule has 0 saturated heterocycles. The summed E-state index contributed by atoms with van der Waals surface area (Å²) in [5, 5.41) is 5.60. The normalized spacial score (nSPS) is 11.0. The van der Waals surface area contributed by atoms with Gasteiger partial charge in [-0.25, -0.2) is 23.1 Å². The van der Waals surface area contributed by atoms with Crippen LogP contribution >= 0.6 is 12.2 Å². The van der Waals surface area contributed by atoms with E-state index in [0.717, 1.165) is 12.8 Å². The average Bonchev–Trinajstić information content (AvgIpc) is 2.73. The number of carbonyl (C=O) groups is 1. The van der Waals surface area contributed by atoms with Gasteiger partial charge in [-0.1, -0.05) is 25.5 Å². The Bertz CT molecular complexity index is 1240. The highest BCUT2D eigenvalue weighted by molar-refractivity contribution is 7.92. The zero-order chi connectivity index (χ0) is 24.0. The Balaban J connectivity index is 1.61. The molecule has 1 amide bonds. The van der Waals surface area contributed by atoms with E-state index in [2.05, 4.69) is 32.2 Å². The summed E-state index contributed by atoms with van der Waals surface area (Å²) in [5.41, 5.74) is 3.52. The number of benzene rings is 2. The zero-order valence-corrected chi connectivity index (χ0v) is 20.2. The topological polar surface area (TPSA) is 113 Å². The monoisotopic (exact) mass is 483 g/mol. The van der Waals surface area contributed by atoms with Crippen molar-refractivity contribution in [1.29, 1.82) is 0 Å². The van der Waals surface area contributed by atoms with Gasteiger partial charge >= 0.3 is 0 Å². The molecule has 3 rings (SSSR count). The van der Waals surface area contributed by atoms with Gasteiger partial charge in [0.05, 0.1) is 4.90 Å². The summed E-state index contributed by atoms with van der Waals surface area (Å²) in [6, 6.07) is 15.1. The Morgan fingerprint density at radius 3 is 2.15 bits per heavy atom. The van der Waals surface area contributed by atoms with Crippen LogP contribution in [0.1, 0.15) is 40.7 Å². The van der Waals surface area contributed by atoms with E-state index in [1.807, 2.05) is 12.1 Å². The Morgan fingerprint density at radius 1 is 0.970 bits per heavy atom. The molecule has 0 fully saturated rings. The first-order chi connectivity index (χ1) is 15.7. The maximum absolute atomic E-state index is 12.6. The van der Waals surface area contributed by atoms with Gasteiger partial charge in [0, 0.05) is 22.6 Å². The minimum atomic E-state index is -3.86. The molecule has 0 radical (unpaired) electrons. The van der Waals surface area contributed by atoms with E-state index in [4.69, 9.17) is 12.2 Å². The van der Waals surface area contributed by atoms with Crippen molar-refractivity contribution in [2.45, 2.75) is 38.5 Å². The summed E-state index contributed by atoms with van der Waals surface area (Å²) < 4.78 is 27.6. The Morgan fingerprint density at radius 2 is 1.58 bits per heavy atom. The molecule has 0 saturated carbocycles. The molecule has 3 N–H and O–H groups in total. The third-order valence-electron chi connectivity index (χ3n) is 4.61. The molecule has 172 valence electrons. The van der Waals surface area contributed by atoms with Crippen LogP contribution < -0.4 is 15.4 Å². The molecule has 0 spiro atoms. The molecule has 8 nitrogen and oxygen atoms in total. The highest BCUT2D eigenvalue weighted by atomic mass is 32.2. The third-order valence-corrected chi connectivity index (χ3v) is 6.16. The van der Waals surface area contributed by atoms with Crippen LogP contribution in [-0.2, 0) is 16.4 Å². The first-order valence-corrected chi connectivity index (χ1v) is 12.2. The molecule has 0 aliphatic carbocycles. The number of anilines is 2. The number of aryl methyl sites for hydroxylation is 3. The van der Waals surface area contributed by atoms with Crippen LogP contribution in [0.4, 0.5) is 11.6 Å². The fourth-order valence-electron chi connectivity index (χ4n) is 3.12. The Hall–Kier alpha value is -3.37. The van der Waals surface area contributed by atoms with Gasteiger partial charge in [-0.3, -0.25) is 10.1 Å². The van der Waals surface area contributed by atoms with E-state index >= 15 is 0 Å². The summed E-state index contributed by atoms with van der Waals surface area (Å²) in [7, 11) is -3.86. The van der Waals surface area contributed by atoms with Crippen molar-refractivity contribution in [2.24, 2.45) is 0 Å². The van der Waals surface area contributed by atoms with E-state index in [1.165, 1.54) is 17.7 Å². The maximum Gasteiger partial charge on any atom is 0.264 e. The lowest BCUT2D eigenvalue weighted by molar-refractivity contribution is 0.0977. The number of amides is 1. The van der Waals surface area contributed by atoms with Crippen LogP contribution in [0.5, 0.6) is 0 Å². The second-order valence-corrected chi connectivity index (χ2v) is 9.55. The number of hydrogen-bond acceptors (Lipinski definition) is 6. The minimum Gasteiger partial charge on any atom is -0.332 e. The van der Waals surface area contributed by atoms with E-state index < -0.39 is 10.0 Å². The van der Waals surface area contributed by atoms with Crippen molar-refractivity contribution in [3.63, 3.8) is 0 Å². The summed E-state index contributed by atoms with van der Waals surface area (Å²) >= 11 is 5.21. The van der Waals surface area contributed by atoms with Crippen LogP contribution in [0.25, 0.3) is 0 Å². The molecule has 0 aliphatic heterocycles. The van der Waals surface area contributed by atoms with Crippen molar-refractivity contribution < 1.29 is 13.2 Å². The molecule has 10 heteroatoms. The molecule has 3 aromatic rings. The highest BCUT2D eigenvalue weighted by Crippen LogP contribution is 2.17. The minimum absolute atomic E-state index is 0.0151. The largest absolute Gasteiger partial charge is 0.332 e. The van der Waals surface area contributed by atoms with Crippen LogP contribution in [0.2, 0.25) is 0 Å². The fourth-order valence-corrected chi connectivity index (χ4v) is 4.27. The van der Waals surface area contributed by atoms with Gasteiger partial charge in [0.15, 0.2) is 5.11 Å². The van der Waals surface area contributed by atoms with Crippen LogP contribution in [0, 0.1) is 13.8 Å². The van der Waals surface area contributed by atoms with Gasteiger partial charge in [-0.2, -0.15) is 0 Å². The second kappa shape index (κ2) is 10.5.